The highest BCUT2D eigenvalue weighted by atomic mass is 32.1. The maximum Gasteiger partial charge on any atom is 0.324 e. The summed E-state index contributed by atoms with van der Waals surface area (Å²) >= 11 is 1.40. The summed E-state index contributed by atoms with van der Waals surface area (Å²) in [6, 6.07) is 6.77. The number of likely N-dealkylation sites (N-methyl/N-ethyl adjacent to an activating group) is 3. The highest BCUT2D eigenvalue weighted by Crippen LogP contribution is 2.42. The number of carbonyl (C=O) groups is 5. The average Bonchev–Trinajstić information content (AvgIpc) is 3.90. The molecule has 6 atom stereocenters. The minimum absolute atomic E-state index is 0.0673. The van der Waals surface area contributed by atoms with E-state index < -0.39 is 41.3 Å². The fourth-order valence-corrected chi connectivity index (χ4v) is 10.8. The molecule has 4 aromatic rings. The van der Waals surface area contributed by atoms with Gasteiger partial charge in [-0.2, -0.15) is 0 Å². The largest absolute Gasteiger partial charge is 0.464 e. The smallest absolute Gasteiger partial charge is 0.324 e. The molecule has 0 unspecified atom stereocenters. The van der Waals surface area contributed by atoms with Crippen LogP contribution in [0, 0.1) is 11.3 Å². The SMILES string of the molecule is C=CC(=O)N(C)[C@@H]1CC[C@H]1N(C)C(=O)N(C)[C@H](C(=O)N[C@H]1Cc2nc(cs2)-c2ccc3c(c2)c(c(-c2cccnc2[C@H](C)OC)n3CC)CC(C)(C)COC(=O)[C@@H]2CCCN(N2)C1=O)C(C)C. The van der Waals surface area contributed by atoms with Crippen molar-refractivity contribution in [2.75, 3.05) is 41.4 Å². The number of urea groups is 1. The molecule has 5 heterocycles. The van der Waals surface area contributed by atoms with Crippen LogP contribution in [0.1, 0.15) is 89.6 Å². The molecule has 0 radical (unpaired) electrons. The number of ether oxygens (including phenoxy) is 2. The molecule has 1 saturated heterocycles. The van der Waals surface area contributed by atoms with E-state index in [9.17, 15) is 24.0 Å². The number of hydrazine groups is 1. The van der Waals surface area contributed by atoms with Gasteiger partial charge in [0.15, 0.2) is 0 Å². The number of thiazole rings is 1. The fraction of sp³-hybridized carbons (Fsp3) is 0.540. The van der Waals surface area contributed by atoms with E-state index in [0.29, 0.717) is 43.8 Å². The Morgan fingerprint density at radius 2 is 1.82 bits per heavy atom. The van der Waals surface area contributed by atoms with Crippen molar-refractivity contribution in [3.05, 3.63) is 70.8 Å². The number of aromatic nitrogens is 3. The zero-order valence-electron chi connectivity index (χ0n) is 40.6. The van der Waals surface area contributed by atoms with Crippen LogP contribution in [0.3, 0.4) is 0 Å². The lowest BCUT2D eigenvalue weighted by Gasteiger charge is -2.48. The molecule has 1 aliphatic carbocycles. The maximum absolute atomic E-state index is 14.7. The third-order valence-corrected chi connectivity index (χ3v) is 14.7. The number of nitrogens with one attached hydrogen (secondary N) is 2. The topological polar surface area (TPSA) is 172 Å². The van der Waals surface area contributed by atoms with Crippen LogP contribution >= 0.6 is 11.3 Å². The van der Waals surface area contributed by atoms with Gasteiger partial charge in [0.25, 0.3) is 5.91 Å². The van der Waals surface area contributed by atoms with Crippen LogP contribution in [-0.2, 0) is 48.0 Å². The second kappa shape index (κ2) is 20.3. The zero-order valence-corrected chi connectivity index (χ0v) is 41.4. The quantitative estimate of drug-likeness (QED) is 0.127. The predicted molar refractivity (Wildman–Crippen MR) is 259 cm³/mol. The first-order valence-corrected chi connectivity index (χ1v) is 24.3. The normalized spacial score (nSPS) is 21.7. The van der Waals surface area contributed by atoms with Gasteiger partial charge >= 0.3 is 12.0 Å². The first kappa shape index (κ1) is 49.3. The van der Waals surface area contributed by atoms with Gasteiger partial charge in [-0.1, -0.05) is 40.3 Å². The zero-order chi connectivity index (χ0) is 48.5. The molecule has 3 aliphatic rings. The van der Waals surface area contributed by atoms with Crippen LogP contribution in [0.4, 0.5) is 4.79 Å². The third kappa shape index (κ3) is 10.00. The van der Waals surface area contributed by atoms with E-state index in [-0.39, 0.29) is 49.1 Å². The van der Waals surface area contributed by atoms with Gasteiger partial charge in [-0.3, -0.25) is 29.2 Å². The molecule has 0 spiro atoms. The maximum atomic E-state index is 14.7. The van der Waals surface area contributed by atoms with E-state index >= 15 is 0 Å². The van der Waals surface area contributed by atoms with E-state index in [1.165, 1.54) is 27.3 Å². The monoisotopic (exact) mass is 937 g/mol. The number of benzene rings is 1. The van der Waals surface area contributed by atoms with Crippen LogP contribution in [0.2, 0.25) is 0 Å². The second-order valence-corrected chi connectivity index (χ2v) is 20.3. The van der Waals surface area contributed by atoms with Gasteiger partial charge in [-0.15, -0.1) is 11.3 Å². The summed E-state index contributed by atoms with van der Waals surface area (Å²) in [7, 11) is 6.66. The molecule has 1 saturated carbocycles. The van der Waals surface area contributed by atoms with Crippen molar-refractivity contribution in [2.24, 2.45) is 11.3 Å². The molecular weight excluding hydrogens is 871 g/mol. The number of pyridine rings is 1. The van der Waals surface area contributed by atoms with E-state index in [0.717, 1.165) is 51.1 Å². The van der Waals surface area contributed by atoms with E-state index in [1.54, 1.807) is 44.2 Å². The highest BCUT2D eigenvalue weighted by molar-refractivity contribution is 7.10. The van der Waals surface area contributed by atoms with Crippen LogP contribution in [-0.4, -0.2) is 136 Å². The van der Waals surface area contributed by atoms with E-state index in [1.807, 2.05) is 32.2 Å². The Hall–Kier alpha value is -5.65. The molecule has 7 rings (SSSR count). The average molecular weight is 938 g/mol. The number of amides is 5. The molecule has 2 N–H and O–H groups in total. The first-order chi connectivity index (χ1) is 31.9. The summed E-state index contributed by atoms with van der Waals surface area (Å²) in [5.41, 5.74) is 9.24. The predicted octanol–water partition coefficient (Wildman–Crippen LogP) is 6.39. The highest BCUT2D eigenvalue weighted by Gasteiger charge is 2.43. The summed E-state index contributed by atoms with van der Waals surface area (Å²) in [5.74, 6) is -1.95. The minimum atomic E-state index is -1.10. The minimum Gasteiger partial charge on any atom is -0.464 e. The van der Waals surface area contributed by atoms with Crippen LogP contribution in [0.25, 0.3) is 33.4 Å². The number of aryl methyl sites for hydroxylation is 1. The Kier molecular flexibility index (Phi) is 14.9. The molecule has 2 aliphatic heterocycles. The van der Waals surface area contributed by atoms with Crippen molar-refractivity contribution in [3.63, 3.8) is 0 Å². The van der Waals surface area contributed by atoms with Gasteiger partial charge in [0.2, 0.25) is 11.8 Å². The number of rotatable bonds is 11. The van der Waals surface area contributed by atoms with E-state index in [2.05, 4.69) is 66.9 Å². The Morgan fingerprint density at radius 1 is 1.09 bits per heavy atom. The Labute approximate surface area is 398 Å². The molecule has 1 aromatic carbocycles. The van der Waals surface area contributed by atoms with Crippen molar-refractivity contribution in [1.82, 2.24) is 45.0 Å². The van der Waals surface area contributed by atoms with Gasteiger partial charge in [0, 0.05) is 86.8 Å². The van der Waals surface area contributed by atoms with Gasteiger partial charge in [-0.25, -0.2) is 15.2 Å². The van der Waals surface area contributed by atoms with Crippen LogP contribution in [0.15, 0.2) is 54.6 Å². The molecule has 5 amide bonds. The Morgan fingerprint density at radius 3 is 2.49 bits per heavy atom. The lowest BCUT2D eigenvalue weighted by atomic mass is 9.84. The number of esters is 1. The molecule has 67 heavy (non-hydrogen) atoms. The lowest BCUT2D eigenvalue weighted by molar-refractivity contribution is -0.155. The summed E-state index contributed by atoms with van der Waals surface area (Å²) < 4.78 is 14.2. The second-order valence-electron chi connectivity index (χ2n) is 19.3. The fourth-order valence-electron chi connectivity index (χ4n) is 9.93. The summed E-state index contributed by atoms with van der Waals surface area (Å²) in [6.45, 7) is 16.8. The number of nitrogens with zero attached hydrogens (tertiary/aromatic N) is 7. The summed E-state index contributed by atoms with van der Waals surface area (Å²) in [6.07, 6.45) is 5.87. The van der Waals surface area contributed by atoms with Gasteiger partial charge in [-0.05, 0) is 87.8 Å². The van der Waals surface area contributed by atoms with Crippen molar-refractivity contribution in [3.8, 4) is 22.5 Å². The van der Waals surface area contributed by atoms with Crippen molar-refractivity contribution in [2.45, 2.75) is 123 Å². The number of methoxy groups -OCH3 is 1. The van der Waals surface area contributed by atoms with Gasteiger partial charge < -0.3 is 34.1 Å². The Balaban J connectivity index is 1.25. The lowest BCUT2D eigenvalue weighted by Crippen LogP contribution is -2.64. The van der Waals surface area contributed by atoms with Crippen molar-refractivity contribution in [1.29, 1.82) is 0 Å². The number of hydrogen-bond acceptors (Lipinski definition) is 11. The molecule has 360 valence electrons. The van der Waals surface area contributed by atoms with Gasteiger partial charge in [0.1, 0.15) is 18.1 Å². The molecule has 6 bridgehead atoms. The van der Waals surface area contributed by atoms with Crippen molar-refractivity contribution < 1.29 is 33.4 Å². The molecular formula is C50H67N9O7S. The number of cyclic esters (lactones) is 1. The number of hydrogen-bond donors (Lipinski definition) is 2. The summed E-state index contributed by atoms with van der Waals surface area (Å²) in [4.78, 5) is 84.2. The van der Waals surface area contributed by atoms with E-state index in [4.69, 9.17) is 19.4 Å². The summed E-state index contributed by atoms with van der Waals surface area (Å²) in [5, 5.41) is 8.10. The van der Waals surface area contributed by atoms with Crippen LogP contribution < -0.4 is 10.7 Å². The molecule has 16 nitrogen and oxygen atoms in total. The third-order valence-electron chi connectivity index (χ3n) is 13.8. The van der Waals surface area contributed by atoms with Gasteiger partial charge in [0.05, 0.1) is 46.9 Å². The van der Waals surface area contributed by atoms with Crippen LogP contribution in [0.5, 0.6) is 0 Å². The van der Waals surface area contributed by atoms with Crippen molar-refractivity contribution >= 4 is 52.0 Å². The first-order valence-electron chi connectivity index (χ1n) is 23.4. The number of fused-ring (bicyclic) bond motifs is 6. The number of carbonyl (C=O) groups excluding carboxylic acids is 5. The Bertz CT molecular complexity index is 2520. The molecule has 2 fully saturated rings. The molecule has 3 aromatic heterocycles. The standard InChI is InChI=1S/C50H67N9O7S/c1-12-42(60)55(8)39-20-21-40(39)56(9)49(64)57(10)44(29(3)4)46(61)53-36-25-41-52-37(27-67-41)31-18-19-38-33(24-31)34(45(58(38)13-2)32-16-14-22-51-43(32)30(5)65-11)26-50(6,7)28-66-48(63)35-17-15-23-59(54-35)47(36)62/h12,14,16,18-19,22,24,27,29-30,35-36,39-40,44,54H,1,13,15,17,20-21,23,25-26,28H2,2-11H3,(H,53,61)/t30-,35-,36-,39+,40+,44-/m0/s1. The molecule has 17 heteroatoms.